The Morgan fingerprint density at radius 3 is 1.72 bits per heavy atom. The third kappa shape index (κ3) is 7.97. The summed E-state index contributed by atoms with van der Waals surface area (Å²) in [6.45, 7) is 3.81. The lowest BCUT2D eigenvalue weighted by molar-refractivity contribution is -0.118. The van der Waals surface area contributed by atoms with Gasteiger partial charge in [0.2, 0.25) is 11.8 Å². The van der Waals surface area contributed by atoms with Gasteiger partial charge in [0, 0.05) is 80.1 Å². The molecule has 50 heavy (non-hydrogen) atoms. The van der Waals surface area contributed by atoms with Crippen molar-refractivity contribution in [1.82, 2.24) is 19.8 Å². The van der Waals surface area contributed by atoms with Crippen LogP contribution in [0.1, 0.15) is 22.5 Å². The molecule has 8 rings (SSSR count). The number of hydrogen-bond acceptors (Lipinski definition) is 4. The van der Waals surface area contributed by atoms with Crippen LogP contribution in [0.5, 0.6) is 0 Å². The Bertz CT molecular complexity index is 2210. The molecule has 0 radical (unpaired) electrons. The van der Waals surface area contributed by atoms with Gasteiger partial charge in [-0.25, -0.2) is 0 Å². The van der Waals surface area contributed by atoms with E-state index in [-0.39, 0.29) is 11.8 Å². The van der Waals surface area contributed by atoms with Crippen LogP contribution >= 0.6 is 46.4 Å². The number of nitrogens with zero attached hydrogens (tertiary/aromatic N) is 2. The summed E-state index contributed by atoms with van der Waals surface area (Å²) >= 11 is 24.3. The average Bonchev–Trinajstić information content (AvgIpc) is 3.62. The molecular weight excluding hydrogens is 714 g/mol. The highest BCUT2D eigenvalue weighted by molar-refractivity contribution is 6.33. The maximum atomic E-state index is 12.3. The highest BCUT2D eigenvalue weighted by atomic mass is 35.5. The summed E-state index contributed by atoms with van der Waals surface area (Å²) in [5, 5.41) is 10.8. The van der Waals surface area contributed by atoms with Gasteiger partial charge in [-0.05, 0) is 90.7 Å². The van der Waals surface area contributed by atoms with E-state index in [1.54, 1.807) is 24.3 Å². The molecule has 12 heteroatoms. The van der Waals surface area contributed by atoms with E-state index >= 15 is 0 Å². The summed E-state index contributed by atoms with van der Waals surface area (Å²) in [6, 6.07) is 26.2. The van der Waals surface area contributed by atoms with Gasteiger partial charge in [0.05, 0.1) is 23.8 Å². The average molecular weight is 749 g/mol. The van der Waals surface area contributed by atoms with Crippen molar-refractivity contribution >= 4 is 91.4 Å². The number of carbonyl (C=O) groups is 2. The van der Waals surface area contributed by atoms with Crippen LogP contribution in [0.2, 0.25) is 20.1 Å². The zero-order chi connectivity index (χ0) is 34.8. The van der Waals surface area contributed by atoms with Crippen molar-refractivity contribution < 1.29 is 9.59 Å². The molecule has 4 heterocycles. The molecule has 0 fully saturated rings. The SMILES string of the molecule is O=C(CN1CCc2c([nH]c3ccc(Cl)cc23)C1)Nc1cccc(Cl)c1.O=C(CN1CCc2c([nH]c3ccc(Cl)cc23)C1)Nc1ccccc1Cl. The number of carbonyl (C=O) groups excluding carboxylic acids is 2. The monoisotopic (exact) mass is 746 g/mol. The summed E-state index contributed by atoms with van der Waals surface area (Å²) in [6.07, 6.45) is 1.80. The lowest BCUT2D eigenvalue weighted by Gasteiger charge is -2.26. The molecule has 2 aromatic heterocycles. The summed E-state index contributed by atoms with van der Waals surface area (Å²) in [7, 11) is 0. The van der Waals surface area contributed by atoms with Crippen molar-refractivity contribution in [3.8, 4) is 0 Å². The van der Waals surface area contributed by atoms with Gasteiger partial charge in [0.1, 0.15) is 0 Å². The van der Waals surface area contributed by atoms with Gasteiger partial charge >= 0.3 is 0 Å². The Morgan fingerprint density at radius 2 is 1.16 bits per heavy atom. The van der Waals surface area contributed by atoms with Crippen LogP contribution in [0, 0.1) is 0 Å². The van der Waals surface area contributed by atoms with E-state index in [4.69, 9.17) is 46.4 Å². The van der Waals surface area contributed by atoms with Crippen LogP contribution in [0.3, 0.4) is 0 Å². The van der Waals surface area contributed by atoms with Gasteiger partial charge in [0.15, 0.2) is 0 Å². The molecule has 4 aromatic carbocycles. The number of aromatic nitrogens is 2. The molecular formula is C38H34Cl4N6O2. The minimum atomic E-state index is -0.0595. The summed E-state index contributed by atoms with van der Waals surface area (Å²) < 4.78 is 0. The Kier molecular flexibility index (Phi) is 10.4. The van der Waals surface area contributed by atoms with Crippen LogP contribution in [0.4, 0.5) is 11.4 Å². The van der Waals surface area contributed by atoms with E-state index in [0.29, 0.717) is 28.8 Å². The third-order valence-corrected chi connectivity index (χ3v) is 10.1. The van der Waals surface area contributed by atoms with Gasteiger partial charge in [-0.15, -0.1) is 0 Å². The molecule has 2 aliphatic heterocycles. The first-order valence-corrected chi connectivity index (χ1v) is 17.8. The predicted octanol–water partition coefficient (Wildman–Crippen LogP) is 8.94. The third-order valence-electron chi connectivity index (χ3n) is 9.02. The van der Waals surface area contributed by atoms with Crippen LogP contribution in [0.15, 0.2) is 84.9 Å². The van der Waals surface area contributed by atoms with Crippen molar-refractivity contribution in [3.63, 3.8) is 0 Å². The first kappa shape index (κ1) is 34.4. The van der Waals surface area contributed by atoms with E-state index in [1.807, 2.05) is 60.7 Å². The summed E-state index contributed by atoms with van der Waals surface area (Å²) in [4.78, 5) is 35.8. The second kappa shape index (κ2) is 15.1. The van der Waals surface area contributed by atoms with E-state index < -0.39 is 0 Å². The normalized spacial score (nSPS) is 14.5. The molecule has 2 amide bonds. The number of H-pyrrole nitrogens is 2. The molecule has 0 saturated carbocycles. The summed E-state index contributed by atoms with van der Waals surface area (Å²) in [5.74, 6) is -0.0967. The zero-order valence-corrected chi connectivity index (χ0v) is 30.0. The molecule has 6 aromatic rings. The number of anilines is 2. The smallest absolute Gasteiger partial charge is 0.238 e. The first-order chi connectivity index (χ1) is 24.2. The van der Waals surface area contributed by atoms with Crippen LogP contribution in [-0.2, 0) is 35.5 Å². The number of hydrogen-bond donors (Lipinski definition) is 4. The molecule has 256 valence electrons. The largest absolute Gasteiger partial charge is 0.357 e. The maximum Gasteiger partial charge on any atom is 0.238 e. The minimum absolute atomic E-state index is 0.0372. The van der Waals surface area contributed by atoms with Crippen LogP contribution in [-0.4, -0.2) is 57.8 Å². The molecule has 0 aliphatic carbocycles. The molecule has 8 nitrogen and oxygen atoms in total. The van der Waals surface area contributed by atoms with E-state index in [2.05, 4.69) is 30.4 Å². The van der Waals surface area contributed by atoms with Crippen molar-refractivity contribution in [2.75, 3.05) is 36.8 Å². The zero-order valence-electron chi connectivity index (χ0n) is 27.0. The Morgan fingerprint density at radius 1 is 0.620 bits per heavy atom. The summed E-state index contributed by atoms with van der Waals surface area (Å²) in [5.41, 5.74) is 8.50. The van der Waals surface area contributed by atoms with Gasteiger partial charge in [0.25, 0.3) is 0 Å². The topological polar surface area (TPSA) is 96.3 Å². The predicted molar refractivity (Wildman–Crippen MR) is 205 cm³/mol. The van der Waals surface area contributed by atoms with Gasteiger partial charge in [-0.2, -0.15) is 0 Å². The fraction of sp³-hybridized carbons (Fsp3) is 0.211. The second-order valence-electron chi connectivity index (χ2n) is 12.6. The van der Waals surface area contributed by atoms with E-state index in [1.165, 1.54) is 27.6 Å². The van der Waals surface area contributed by atoms with Crippen molar-refractivity contribution in [1.29, 1.82) is 0 Å². The van der Waals surface area contributed by atoms with Crippen molar-refractivity contribution in [2.24, 2.45) is 0 Å². The van der Waals surface area contributed by atoms with E-state index in [0.717, 1.165) is 71.5 Å². The Labute approximate surface area is 309 Å². The molecule has 0 bridgehead atoms. The molecule has 2 aliphatic rings. The number of fused-ring (bicyclic) bond motifs is 6. The minimum Gasteiger partial charge on any atom is -0.357 e. The van der Waals surface area contributed by atoms with Crippen LogP contribution < -0.4 is 10.6 Å². The number of halogens is 4. The molecule has 4 N–H and O–H groups in total. The molecule has 0 spiro atoms. The highest BCUT2D eigenvalue weighted by Gasteiger charge is 2.24. The molecule has 0 atom stereocenters. The van der Waals surface area contributed by atoms with Gasteiger partial charge in [-0.3, -0.25) is 19.4 Å². The molecule has 0 saturated heterocycles. The fourth-order valence-electron chi connectivity index (χ4n) is 6.73. The number of benzene rings is 4. The number of nitrogens with one attached hydrogen (secondary N) is 4. The van der Waals surface area contributed by atoms with Gasteiger partial charge in [-0.1, -0.05) is 64.6 Å². The lowest BCUT2D eigenvalue weighted by Crippen LogP contribution is -2.37. The van der Waals surface area contributed by atoms with Crippen molar-refractivity contribution in [2.45, 2.75) is 25.9 Å². The molecule has 0 unspecified atom stereocenters. The van der Waals surface area contributed by atoms with Crippen LogP contribution in [0.25, 0.3) is 21.8 Å². The quantitative estimate of drug-likeness (QED) is 0.137. The highest BCUT2D eigenvalue weighted by Crippen LogP contribution is 2.31. The maximum absolute atomic E-state index is 12.3. The fourth-order valence-corrected chi connectivity index (χ4v) is 7.45. The second-order valence-corrected chi connectivity index (χ2v) is 14.3. The Balaban J connectivity index is 0.000000157. The number of para-hydroxylation sites is 1. The number of rotatable bonds is 6. The van der Waals surface area contributed by atoms with E-state index in [9.17, 15) is 9.59 Å². The Hall–Kier alpha value is -4.02. The number of aromatic amines is 2. The lowest BCUT2D eigenvalue weighted by atomic mass is 10.0. The van der Waals surface area contributed by atoms with Crippen molar-refractivity contribution in [3.05, 3.63) is 128 Å². The standard InChI is InChI=1S/2C19H17Cl2N3O/c20-12-2-1-3-14(8-12)22-19(25)11-24-7-6-15-16-9-13(21)4-5-17(16)23-18(15)10-24;20-12-5-6-16-14(9-12)13-7-8-24(10-18(13)22-16)11-19(25)23-17-4-2-1-3-15(17)21/h1-5,8-9,23H,6-7,10-11H2,(H,22,25);1-6,9,22H,7-8,10-11H2,(H,23,25). The first-order valence-electron chi connectivity index (χ1n) is 16.3. The number of amides is 2. The van der Waals surface area contributed by atoms with Gasteiger partial charge < -0.3 is 20.6 Å².